The number of nitrogen functional groups attached to an aromatic ring is 1. The average molecular weight is 309 g/mol. The van der Waals surface area contributed by atoms with Gasteiger partial charge in [0.2, 0.25) is 5.91 Å². The molecule has 0 spiro atoms. The molecule has 0 atom stereocenters. The highest BCUT2D eigenvalue weighted by molar-refractivity contribution is 7.99. The van der Waals surface area contributed by atoms with Crippen LogP contribution in [-0.2, 0) is 0 Å². The quantitative estimate of drug-likeness (QED) is 0.850. The van der Waals surface area contributed by atoms with E-state index in [9.17, 15) is 4.79 Å². The van der Waals surface area contributed by atoms with E-state index in [1.165, 1.54) is 17.8 Å². The summed E-state index contributed by atoms with van der Waals surface area (Å²) in [6.07, 6.45) is 0. The van der Waals surface area contributed by atoms with Gasteiger partial charge in [0.15, 0.2) is 0 Å². The summed E-state index contributed by atoms with van der Waals surface area (Å²) in [7, 11) is 1.59. The molecule has 0 aliphatic carbocycles. The molecule has 0 radical (unpaired) electrons. The fourth-order valence-corrected chi connectivity index (χ4v) is 3.01. The van der Waals surface area contributed by atoms with Crippen LogP contribution in [0, 0.1) is 0 Å². The lowest BCUT2D eigenvalue weighted by Gasteiger charge is -2.10. The van der Waals surface area contributed by atoms with Crippen molar-refractivity contribution in [2.24, 2.45) is 5.73 Å². The molecule has 4 N–H and O–H groups in total. The highest BCUT2D eigenvalue weighted by Crippen LogP contribution is 2.38. The van der Waals surface area contributed by atoms with Gasteiger partial charge in [-0.1, -0.05) is 29.4 Å². The van der Waals surface area contributed by atoms with Crippen LogP contribution < -0.4 is 16.2 Å². The Bertz CT molecular complexity index is 662. The standard InChI is InChI=1S/C14H13ClN2O2S/c1-19-9-3-2-4-10(7-9)20-13-11(14(17)18)5-8(16)6-12(13)15/h2-7H,16H2,1H3,(H2,17,18). The van der Waals surface area contributed by atoms with Gasteiger partial charge in [0, 0.05) is 15.5 Å². The number of ether oxygens (including phenoxy) is 1. The van der Waals surface area contributed by atoms with Gasteiger partial charge in [-0.2, -0.15) is 0 Å². The topological polar surface area (TPSA) is 78.3 Å². The highest BCUT2D eigenvalue weighted by atomic mass is 35.5. The molecule has 2 aromatic rings. The Hall–Kier alpha value is -1.85. The summed E-state index contributed by atoms with van der Waals surface area (Å²) in [5.41, 5.74) is 11.8. The van der Waals surface area contributed by atoms with Crippen LogP contribution in [0.3, 0.4) is 0 Å². The smallest absolute Gasteiger partial charge is 0.249 e. The van der Waals surface area contributed by atoms with Crippen molar-refractivity contribution < 1.29 is 9.53 Å². The number of nitrogens with two attached hydrogens (primary N) is 2. The van der Waals surface area contributed by atoms with Crippen LogP contribution >= 0.6 is 23.4 Å². The summed E-state index contributed by atoms with van der Waals surface area (Å²) in [6, 6.07) is 10.6. The predicted octanol–water partition coefficient (Wildman–Crippen LogP) is 3.18. The van der Waals surface area contributed by atoms with Crippen molar-refractivity contribution in [3.63, 3.8) is 0 Å². The lowest BCUT2D eigenvalue weighted by molar-refractivity contribution is 0.0997. The van der Waals surface area contributed by atoms with Gasteiger partial charge >= 0.3 is 0 Å². The van der Waals surface area contributed by atoms with Gasteiger partial charge in [0.1, 0.15) is 5.75 Å². The first kappa shape index (κ1) is 14.6. The van der Waals surface area contributed by atoms with Gasteiger partial charge < -0.3 is 16.2 Å². The normalized spacial score (nSPS) is 10.3. The molecule has 0 bridgehead atoms. The third-order valence-corrected chi connectivity index (χ3v) is 4.14. The van der Waals surface area contributed by atoms with Crippen LogP contribution in [0.15, 0.2) is 46.2 Å². The van der Waals surface area contributed by atoms with Crippen molar-refractivity contribution in [3.8, 4) is 5.75 Å². The molecule has 4 nitrogen and oxygen atoms in total. The molecule has 0 aromatic heterocycles. The van der Waals surface area contributed by atoms with Crippen molar-refractivity contribution in [1.82, 2.24) is 0 Å². The van der Waals surface area contributed by atoms with E-state index < -0.39 is 5.91 Å². The Labute approximate surface area is 126 Å². The van der Waals surface area contributed by atoms with Crippen LogP contribution in [0.1, 0.15) is 10.4 Å². The molecule has 6 heteroatoms. The summed E-state index contributed by atoms with van der Waals surface area (Å²) in [5.74, 6) is 0.159. The minimum absolute atomic E-state index is 0.308. The molecule has 0 aliphatic rings. The zero-order chi connectivity index (χ0) is 14.7. The van der Waals surface area contributed by atoms with Crippen LogP contribution in [0.2, 0.25) is 5.02 Å². The van der Waals surface area contributed by atoms with Gasteiger partial charge in [0.05, 0.1) is 17.7 Å². The summed E-state index contributed by atoms with van der Waals surface area (Å²) >= 11 is 7.50. The maximum atomic E-state index is 11.5. The number of methoxy groups -OCH3 is 1. The number of halogens is 1. The first-order chi connectivity index (χ1) is 9.51. The van der Waals surface area contributed by atoms with E-state index in [0.717, 1.165) is 10.6 Å². The molecule has 0 saturated carbocycles. The number of amides is 1. The molecule has 2 aromatic carbocycles. The average Bonchev–Trinajstić information content (AvgIpc) is 2.41. The van der Waals surface area contributed by atoms with Crippen LogP contribution in [0.25, 0.3) is 0 Å². The van der Waals surface area contributed by atoms with Crippen molar-refractivity contribution in [1.29, 1.82) is 0 Å². The zero-order valence-corrected chi connectivity index (χ0v) is 12.3. The Morgan fingerprint density at radius 2 is 2.05 bits per heavy atom. The summed E-state index contributed by atoms with van der Waals surface area (Å²) < 4.78 is 5.16. The van der Waals surface area contributed by atoms with Crippen LogP contribution in [-0.4, -0.2) is 13.0 Å². The summed E-state index contributed by atoms with van der Waals surface area (Å²) in [6.45, 7) is 0. The number of hydrogen-bond donors (Lipinski definition) is 2. The van der Waals surface area contributed by atoms with Gasteiger partial charge in [-0.05, 0) is 30.3 Å². The number of primary amides is 1. The van der Waals surface area contributed by atoms with E-state index in [1.807, 2.05) is 24.3 Å². The number of rotatable bonds is 4. The minimum atomic E-state index is -0.565. The second-order valence-electron chi connectivity index (χ2n) is 4.02. The van der Waals surface area contributed by atoms with E-state index in [0.29, 0.717) is 21.2 Å². The Balaban J connectivity index is 2.44. The summed E-state index contributed by atoms with van der Waals surface area (Å²) in [4.78, 5) is 13.0. The molecular formula is C14H13ClN2O2S. The van der Waals surface area contributed by atoms with Gasteiger partial charge in [-0.3, -0.25) is 4.79 Å². The zero-order valence-electron chi connectivity index (χ0n) is 10.7. The lowest BCUT2D eigenvalue weighted by atomic mass is 10.2. The molecule has 20 heavy (non-hydrogen) atoms. The Kier molecular flexibility index (Phi) is 4.42. The van der Waals surface area contributed by atoms with Crippen LogP contribution in [0.5, 0.6) is 5.75 Å². The van der Waals surface area contributed by atoms with E-state index in [-0.39, 0.29) is 0 Å². The Morgan fingerprint density at radius 1 is 1.30 bits per heavy atom. The number of carbonyl (C=O) groups excluding carboxylic acids is 1. The van der Waals surface area contributed by atoms with Crippen molar-refractivity contribution >= 4 is 35.0 Å². The molecular weight excluding hydrogens is 296 g/mol. The molecule has 0 aliphatic heterocycles. The second-order valence-corrected chi connectivity index (χ2v) is 5.52. The van der Waals surface area contributed by atoms with Crippen LogP contribution in [0.4, 0.5) is 5.69 Å². The largest absolute Gasteiger partial charge is 0.497 e. The van der Waals surface area contributed by atoms with Gasteiger partial charge in [-0.25, -0.2) is 0 Å². The first-order valence-corrected chi connectivity index (χ1v) is 6.91. The van der Waals surface area contributed by atoms with Gasteiger partial charge in [-0.15, -0.1) is 0 Å². The third kappa shape index (κ3) is 3.18. The highest BCUT2D eigenvalue weighted by Gasteiger charge is 2.15. The third-order valence-electron chi connectivity index (χ3n) is 2.59. The molecule has 1 amide bonds. The summed E-state index contributed by atoms with van der Waals surface area (Å²) in [5, 5.41) is 0.395. The fraction of sp³-hybridized carbons (Fsp3) is 0.0714. The van der Waals surface area contributed by atoms with E-state index in [4.69, 9.17) is 27.8 Å². The van der Waals surface area contributed by atoms with E-state index in [1.54, 1.807) is 13.2 Å². The lowest BCUT2D eigenvalue weighted by Crippen LogP contribution is -2.13. The van der Waals surface area contributed by atoms with Gasteiger partial charge in [0.25, 0.3) is 0 Å². The molecule has 0 heterocycles. The molecule has 104 valence electrons. The maximum absolute atomic E-state index is 11.5. The molecule has 0 unspecified atom stereocenters. The number of benzene rings is 2. The van der Waals surface area contributed by atoms with Crippen molar-refractivity contribution in [3.05, 3.63) is 47.0 Å². The van der Waals surface area contributed by atoms with Crippen molar-refractivity contribution in [2.45, 2.75) is 9.79 Å². The second kappa shape index (κ2) is 6.07. The monoisotopic (exact) mass is 308 g/mol. The SMILES string of the molecule is COc1cccc(Sc2c(Cl)cc(N)cc2C(N)=O)c1. The van der Waals surface area contributed by atoms with E-state index >= 15 is 0 Å². The molecule has 2 rings (SSSR count). The predicted molar refractivity (Wildman–Crippen MR) is 81.5 cm³/mol. The molecule has 0 saturated heterocycles. The minimum Gasteiger partial charge on any atom is -0.497 e. The Morgan fingerprint density at radius 3 is 2.70 bits per heavy atom. The van der Waals surface area contributed by atoms with E-state index in [2.05, 4.69) is 0 Å². The maximum Gasteiger partial charge on any atom is 0.249 e. The van der Waals surface area contributed by atoms with Crippen molar-refractivity contribution in [2.75, 3.05) is 12.8 Å². The number of hydrogen-bond acceptors (Lipinski definition) is 4. The number of anilines is 1. The number of carbonyl (C=O) groups is 1. The fourth-order valence-electron chi connectivity index (χ4n) is 1.68. The first-order valence-electron chi connectivity index (χ1n) is 5.72. The molecule has 0 fully saturated rings.